The number of halogens is 1. The number of nitrogens with one attached hydrogen (secondary N) is 1. The highest BCUT2D eigenvalue weighted by Gasteiger charge is 2.56. The van der Waals surface area contributed by atoms with Crippen LogP contribution in [0.5, 0.6) is 0 Å². The van der Waals surface area contributed by atoms with Gasteiger partial charge in [0.2, 0.25) is 0 Å². The minimum absolute atomic E-state index is 0.00841. The van der Waals surface area contributed by atoms with Gasteiger partial charge in [0.05, 0.1) is 11.9 Å². The molecule has 10 unspecified atom stereocenters. The molecule has 0 spiro atoms. The normalized spacial score (nSPS) is 36.7. The van der Waals surface area contributed by atoms with Crippen molar-refractivity contribution in [1.82, 2.24) is 0 Å². The molecule has 0 aromatic carbocycles. The number of alkyl halides is 1. The minimum atomic E-state index is -0.411. The predicted molar refractivity (Wildman–Crippen MR) is 170 cm³/mol. The predicted octanol–water partition coefficient (Wildman–Crippen LogP) is 7.67. The number of allylic oxidation sites excluding steroid dienone is 7. The molecule has 0 aliphatic heterocycles. The molecule has 1 fully saturated rings. The third kappa shape index (κ3) is 4.89. The van der Waals surface area contributed by atoms with Crippen molar-refractivity contribution in [1.29, 1.82) is 5.53 Å². The van der Waals surface area contributed by atoms with Gasteiger partial charge in [-0.3, -0.25) is 19.2 Å². The van der Waals surface area contributed by atoms with E-state index < -0.39 is 5.38 Å². The molecule has 0 aromatic heterocycles. The first-order valence-corrected chi connectivity index (χ1v) is 17.2. The Morgan fingerprint density at radius 1 is 0.705 bits per heavy atom. The number of hydrogen-bond acceptors (Lipinski definition) is 6. The summed E-state index contributed by atoms with van der Waals surface area (Å²) < 4.78 is 0. The fourth-order valence-corrected chi connectivity index (χ4v) is 10.4. The molecule has 1 N–H and O–H groups in total. The van der Waals surface area contributed by atoms with Crippen LogP contribution < -0.4 is 0 Å². The van der Waals surface area contributed by atoms with E-state index in [-0.39, 0.29) is 76.4 Å². The van der Waals surface area contributed by atoms with E-state index in [1.165, 1.54) is 28.9 Å². The van der Waals surface area contributed by atoms with Gasteiger partial charge in [-0.2, -0.15) is 5.11 Å². The zero-order chi connectivity index (χ0) is 31.8. The molecule has 6 aliphatic carbocycles. The van der Waals surface area contributed by atoms with Gasteiger partial charge in [0, 0.05) is 41.4 Å². The van der Waals surface area contributed by atoms with E-state index in [1.807, 2.05) is 0 Å². The summed E-state index contributed by atoms with van der Waals surface area (Å²) in [6, 6.07) is 0. The van der Waals surface area contributed by atoms with Crippen LogP contribution in [0.2, 0.25) is 0 Å². The molecule has 1 saturated carbocycles. The number of hydrogen-bond donors (Lipinski definition) is 1. The lowest BCUT2D eigenvalue weighted by Crippen LogP contribution is -2.52. The molecule has 7 heteroatoms. The summed E-state index contributed by atoms with van der Waals surface area (Å²) >= 11 is 7.40. The average molecular weight is 619 g/mol. The monoisotopic (exact) mass is 618 g/mol. The Balaban J connectivity index is 1.40. The van der Waals surface area contributed by atoms with Gasteiger partial charge in [0.1, 0.15) is 11.6 Å². The summed E-state index contributed by atoms with van der Waals surface area (Å²) in [5.74, 6) is -0.229. The second-order valence-corrected chi connectivity index (χ2v) is 15.7. The Morgan fingerprint density at radius 2 is 1.16 bits per heavy atom. The molecule has 6 aliphatic rings. The molecule has 6 nitrogen and oxygen atoms in total. The third-order valence-electron chi connectivity index (χ3n) is 12.7. The van der Waals surface area contributed by atoms with Crippen molar-refractivity contribution in [2.75, 3.05) is 6.54 Å². The maximum atomic E-state index is 14.4. The van der Waals surface area contributed by atoms with Crippen molar-refractivity contribution >= 4 is 34.7 Å². The van der Waals surface area contributed by atoms with Crippen LogP contribution >= 0.6 is 11.6 Å². The van der Waals surface area contributed by atoms with E-state index in [0.717, 1.165) is 16.7 Å². The Hall–Kier alpha value is -2.47. The Labute approximate surface area is 266 Å². The number of carbonyl (C=O) groups is 4. The molecular weight excluding hydrogens is 572 g/mol. The molecule has 236 valence electrons. The first-order valence-electron chi connectivity index (χ1n) is 16.8. The molecule has 0 saturated heterocycles. The van der Waals surface area contributed by atoms with Gasteiger partial charge in [0.25, 0.3) is 0 Å². The van der Waals surface area contributed by atoms with Crippen molar-refractivity contribution in [3.63, 3.8) is 0 Å². The number of ketones is 4. The summed E-state index contributed by atoms with van der Waals surface area (Å²) in [7, 11) is 0. The van der Waals surface area contributed by atoms with Gasteiger partial charge in [-0.15, -0.1) is 11.6 Å². The summed E-state index contributed by atoms with van der Waals surface area (Å²) in [6.45, 7) is 13.6. The third-order valence-corrected chi connectivity index (χ3v) is 13.3. The van der Waals surface area contributed by atoms with E-state index in [2.05, 4.69) is 46.7 Å². The van der Waals surface area contributed by atoms with E-state index >= 15 is 0 Å². The molecular formula is C37H47ClN2O4. The average Bonchev–Trinajstić information content (AvgIpc) is 3.00. The SMILES string of the molecule is CC(C)C1=C(CN=N)CC2C(=O)C3CC4=C(CC3C(=O)C2C1)C(C(C)C(C)C(C)C)C1=C(CC2C(=O)C=CC(=O)C2C1)C4Cl. The summed E-state index contributed by atoms with van der Waals surface area (Å²) in [5, 5.41) is 3.25. The number of Topliss-reactive ketones (excluding diaryl/α,β-unsaturated/α-hetero) is 2. The van der Waals surface area contributed by atoms with Crippen molar-refractivity contribution in [3.8, 4) is 0 Å². The minimum Gasteiger partial charge on any atom is -0.299 e. The van der Waals surface area contributed by atoms with Crippen LogP contribution in [-0.2, 0) is 19.2 Å². The van der Waals surface area contributed by atoms with Gasteiger partial charge in [-0.05, 0) is 91.1 Å². The highest BCUT2D eigenvalue weighted by Crippen LogP contribution is 2.58. The van der Waals surface area contributed by atoms with Gasteiger partial charge < -0.3 is 0 Å². The van der Waals surface area contributed by atoms with Gasteiger partial charge in [0.15, 0.2) is 11.6 Å². The summed E-state index contributed by atoms with van der Waals surface area (Å²) in [5.41, 5.74) is 14.4. The second kappa shape index (κ2) is 11.7. The summed E-state index contributed by atoms with van der Waals surface area (Å²) in [6.07, 6.45) is 6.11. The number of rotatable bonds is 6. The lowest BCUT2D eigenvalue weighted by molar-refractivity contribution is -0.148. The highest BCUT2D eigenvalue weighted by atomic mass is 35.5. The molecule has 0 bridgehead atoms. The lowest BCUT2D eigenvalue weighted by Gasteiger charge is -2.51. The molecule has 0 amide bonds. The standard InChI is InChI=1S/C37H47ClN2O4/c1-16(2)18(5)19(6)34-24-11-22-23(33(42)8-7-32(22)41)12-26(24)35(38)27-14-31-30(13-25(27)34)37(44)29-10-21(17(3)4)20(15-40-39)9-28(29)36(31)43/h7-8,16-19,22-23,28-31,34-35,39H,9-15H2,1-6H3. The Kier molecular flexibility index (Phi) is 8.39. The number of carbonyl (C=O) groups excluding carboxylic acids is 4. The van der Waals surface area contributed by atoms with Crippen molar-refractivity contribution in [2.45, 2.75) is 85.4 Å². The van der Waals surface area contributed by atoms with Gasteiger partial charge >= 0.3 is 0 Å². The highest BCUT2D eigenvalue weighted by molar-refractivity contribution is 6.25. The molecule has 0 heterocycles. The number of fused-ring (bicyclic) bond motifs is 3. The van der Waals surface area contributed by atoms with Crippen LogP contribution in [-0.4, -0.2) is 35.1 Å². The van der Waals surface area contributed by atoms with E-state index in [0.29, 0.717) is 56.9 Å². The molecule has 10 atom stereocenters. The molecule has 6 rings (SSSR count). The molecule has 44 heavy (non-hydrogen) atoms. The van der Waals surface area contributed by atoms with Crippen LogP contribution in [0, 0.1) is 70.6 Å². The van der Waals surface area contributed by atoms with Crippen LogP contribution in [0.1, 0.15) is 80.1 Å². The van der Waals surface area contributed by atoms with Crippen LogP contribution in [0.4, 0.5) is 0 Å². The van der Waals surface area contributed by atoms with Crippen molar-refractivity contribution < 1.29 is 19.2 Å². The Morgan fingerprint density at radius 3 is 1.66 bits per heavy atom. The zero-order valence-corrected chi connectivity index (χ0v) is 27.7. The van der Waals surface area contributed by atoms with Crippen molar-refractivity contribution in [2.24, 2.45) is 70.2 Å². The smallest absolute Gasteiger partial charge is 0.159 e. The van der Waals surface area contributed by atoms with E-state index in [1.54, 1.807) is 0 Å². The van der Waals surface area contributed by atoms with Gasteiger partial charge in [-0.25, -0.2) is 5.53 Å². The quantitative estimate of drug-likeness (QED) is 0.187. The van der Waals surface area contributed by atoms with E-state index in [9.17, 15) is 19.2 Å². The number of nitrogens with zero attached hydrogens (tertiary/aromatic N) is 1. The molecule has 0 aromatic rings. The second-order valence-electron chi connectivity index (χ2n) is 15.3. The maximum absolute atomic E-state index is 14.4. The first-order chi connectivity index (χ1) is 20.8. The maximum Gasteiger partial charge on any atom is 0.159 e. The van der Waals surface area contributed by atoms with Gasteiger partial charge in [-0.1, -0.05) is 58.3 Å². The van der Waals surface area contributed by atoms with Crippen LogP contribution in [0.3, 0.4) is 0 Å². The lowest BCUT2D eigenvalue weighted by atomic mass is 9.52. The fraction of sp³-hybridized carbons (Fsp3) is 0.676. The first kappa shape index (κ1) is 31.5. The Bertz CT molecular complexity index is 1450. The van der Waals surface area contributed by atoms with Crippen LogP contribution in [0.25, 0.3) is 0 Å². The fourth-order valence-electron chi connectivity index (χ4n) is 9.92. The largest absolute Gasteiger partial charge is 0.299 e. The van der Waals surface area contributed by atoms with Crippen molar-refractivity contribution in [3.05, 3.63) is 45.6 Å². The summed E-state index contributed by atoms with van der Waals surface area (Å²) in [4.78, 5) is 54.7. The molecule has 0 radical (unpaired) electrons. The topological polar surface area (TPSA) is 104 Å². The van der Waals surface area contributed by atoms with Crippen LogP contribution in [0.15, 0.2) is 50.7 Å². The zero-order valence-electron chi connectivity index (χ0n) is 27.0. The van der Waals surface area contributed by atoms with E-state index in [4.69, 9.17) is 17.1 Å².